The summed E-state index contributed by atoms with van der Waals surface area (Å²) in [6.07, 6.45) is 2.75. The van der Waals surface area contributed by atoms with Gasteiger partial charge in [0.15, 0.2) is 11.3 Å². The van der Waals surface area contributed by atoms with Crippen LogP contribution in [0.5, 0.6) is 5.75 Å². The molecule has 1 saturated heterocycles. The predicted octanol–water partition coefficient (Wildman–Crippen LogP) is 1.84. The van der Waals surface area contributed by atoms with E-state index in [-0.39, 0.29) is 11.8 Å². The summed E-state index contributed by atoms with van der Waals surface area (Å²) in [4.78, 5) is 28.3. The van der Waals surface area contributed by atoms with Crippen LogP contribution in [0.2, 0.25) is 0 Å². The third kappa shape index (κ3) is 4.57. The van der Waals surface area contributed by atoms with Gasteiger partial charge in [-0.2, -0.15) is 5.26 Å². The third-order valence-electron chi connectivity index (χ3n) is 5.11. The van der Waals surface area contributed by atoms with Crippen molar-refractivity contribution in [2.45, 2.75) is 6.92 Å². The lowest BCUT2D eigenvalue weighted by Gasteiger charge is -2.33. The Bertz CT molecular complexity index is 1100. The summed E-state index contributed by atoms with van der Waals surface area (Å²) < 4.78 is 12.8. The number of amides is 1. The zero-order valence-corrected chi connectivity index (χ0v) is 17.3. The van der Waals surface area contributed by atoms with Crippen molar-refractivity contribution < 1.29 is 14.3 Å². The minimum atomic E-state index is -0.241. The highest BCUT2D eigenvalue weighted by Gasteiger charge is 2.21. The summed E-state index contributed by atoms with van der Waals surface area (Å²) in [5.74, 6) is 0.735. The van der Waals surface area contributed by atoms with Crippen molar-refractivity contribution in [3.8, 4) is 17.5 Å². The van der Waals surface area contributed by atoms with Crippen LogP contribution in [0, 0.1) is 11.3 Å². The average molecular weight is 421 g/mol. The van der Waals surface area contributed by atoms with E-state index in [2.05, 4.69) is 19.9 Å². The van der Waals surface area contributed by atoms with Crippen molar-refractivity contribution in [2.24, 2.45) is 0 Å². The Morgan fingerprint density at radius 2 is 2.03 bits per heavy atom. The fraction of sp³-hybridized carbons (Fsp3) is 0.381. The summed E-state index contributed by atoms with van der Waals surface area (Å²) >= 11 is 0. The SMILES string of the molecule is CCOC(=O)N1CCN(CCOc2cccc(-n3cnc4c(C#N)ncnc43)c2)CC1. The van der Waals surface area contributed by atoms with Crippen molar-refractivity contribution >= 4 is 17.3 Å². The van der Waals surface area contributed by atoms with E-state index in [1.807, 2.05) is 37.3 Å². The Morgan fingerprint density at radius 3 is 2.81 bits per heavy atom. The summed E-state index contributed by atoms with van der Waals surface area (Å²) in [7, 11) is 0. The largest absolute Gasteiger partial charge is 0.492 e. The standard InChI is InChI=1S/C21H23N7O3/c1-2-30-21(29)27-8-6-26(7-9-27)10-11-31-17-5-3-4-16(12-17)28-15-25-19-18(13-22)23-14-24-20(19)28/h3-5,12,14-15H,2,6-11H2,1H3. The van der Waals surface area contributed by atoms with Crippen LogP contribution in [0.15, 0.2) is 36.9 Å². The first-order chi connectivity index (χ1) is 15.2. The maximum absolute atomic E-state index is 11.8. The number of ether oxygens (including phenoxy) is 2. The van der Waals surface area contributed by atoms with Crippen LogP contribution in [0.1, 0.15) is 12.6 Å². The Kier molecular flexibility index (Phi) is 6.24. The first-order valence-electron chi connectivity index (χ1n) is 10.1. The maximum atomic E-state index is 11.8. The first-order valence-corrected chi connectivity index (χ1v) is 10.1. The molecular formula is C21H23N7O3. The number of fused-ring (bicyclic) bond motifs is 1. The van der Waals surface area contributed by atoms with E-state index < -0.39 is 0 Å². The molecule has 160 valence electrons. The molecule has 0 bridgehead atoms. The van der Waals surface area contributed by atoms with Crippen molar-refractivity contribution in [3.63, 3.8) is 0 Å². The van der Waals surface area contributed by atoms with Gasteiger partial charge >= 0.3 is 6.09 Å². The molecule has 1 aromatic carbocycles. The number of aromatic nitrogens is 4. The van der Waals surface area contributed by atoms with Crippen LogP contribution in [-0.2, 0) is 4.74 Å². The highest BCUT2D eigenvalue weighted by molar-refractivity contribution is 5.77. The lowest BCUT2D eigenvalue weighted by Crippen LogP contribution is -2.49. The summed E-state index contributed by atoms with van der Waals surface area (Å²) in [5.41, 5.74) is 2.13. The highest BCUT2D eigenvalue weighted by Crippen LogP contribution is 2.21. The van der Waals surface area contributed by atoms with Crippen molar-refractivity contribution in [1.29, 1.82) is 5.26 Å². The second-order valence-corrected chi connectivity index (χ2v) is 6.99. The molecule has 10 nitrogen and oxygen atoms in total. The number of imidazole rings is 1. The molecule has 2 aromatic heterocycles. The molecule has 1 aliphatic heterocycles. The number of nitriles is 1. The molecule has 0 aliphatic carbocycles. The van der Waals surface area contributed by atoms with Gasteiger partial charge in [0.05, 0.1) is 12.3 Å². The fourth-order valence-corrected chi connectivity index (χ4v) is 3.49. The van der Waals surface area contributed by atoms with Crippen LogP contribution in [-0.4, -0.2) is 81.3 Å². The van der Waals surface area contributed by atoms with Gasteiger partial charge in [0, 0.05) is 38.8 Å². The maximum Gasteiger partial charge on any atom is 0.409 e. The number of benzene rings is 1. The monoisotopic (exact) mass is 421 g/mol. The van der Waals surface area contributed by atoms with Crippen molar-refractivity contribution in [3.05, 3.63) is 42.6 Å². The zero-order chi connectivity index (χ0) is 21.6. The van der Waals surface area contributed by atoms with E-state index in [9.17, 15) is 10.1 Å². The van der Waals surface area contributed by atoms with Gasteiger partial charge in [-0.05, 0) is 19.1 Å². The van der Waals surface area contributed by atoms with Crippen LogP contribution in [0.25, 0.3) is 16.9 Å². The third-order valence-corrected chi connectivity index (χ3v) is 5.11. The van der Waals surface area contributed by atoms with E-state index in [0.717, 1.165) is 31.1 Å². The van der Waals surface area contributed by atoms with E-state index in [1.54, 1.807) is 15.8 Å². The molecule has 3 heterocycles. The number of rotatable bonds is 6. The number of hydrogen-bond donors (Lipinski definition) is 0. The van der Waals surface area contributed by atoms with Gasteiger partial charge in [-0.25, -0.2) is 19.7 Å². The molecule has 10 heteroatoms. The van der Waals surface area contributed by atoms with Crippen molar-refractivity contribution in [2.75, 3.05) is 45.9 Å². The molecule has 4 rings (SSSR count). The van der Waals surface area contributed by atoms with Gasteiger partial charge in [-0.3, -0.25) is 9.47 Å². The Morgan fingerprint density at radius 1 is 1.19 bits per heavy atom. The van der Waals surface area contributed by atoms with Crippen LogP contribution >= 0.6 is 0 Å². The smallest absolute Gasteiger partial charge is 0.409 e. The van der Waals surface area contributed by atoms with E-state index in [4.69, 9.17) is 9.47 Å². The fourth-order valence-electron chi connectivity index (χ4n) is 3.49. The molecule has 0 unspecified atom stereocenters. The van der Waals surface area contributed by atoms with Crippen LogP contribution < -0.4 is 4.74 Å². The molecular weight excluding hydrogens is 398 g/mol. The Hall–Kier alpha value is -3.71. The molecule has 0 atom stereocenters. The number of piperazine rings is 1. The molecule has 1 fully saturated rings. The highest BCUT2D eigenvalue weighted by atomic mass is 16.6. The minimum absolute atomic E-state index is 0.241. The van der Waals surface area contributed by atoms with Gasteiger partial charge < -0.3 is 14.4 Å². The van der Waals surface area contributed by atoms with Gasteiger partial charge in [-0.15, -0.1) is 0 Å². The second kappa shape index (κ2) is 9.40. The number of carbonyl (C=O) groups excluding carboxylic acids is 1. The average Bonchev–Trinajstić information content (AvgIpc) is 3.24. The quantitative estimate of drug-likeness (QED) is 0.593. The molecule has 0 spiro atoms. The van der Waals surface area contributed by atoms with Crippen LogP contribution in [0.4, 0.5) is 4.79 Å². The molecule has 31 heavy (non-hydrogen) atoms. The number of carbonyl (C=O) groups is 1. The van der Waals surface area contributed by atoms with Gasteiger partial charge in [0.25, 0.3) is 0 Å². The Labute approximate surface area is 179 Å². The molecule has 0 N–H and O–H groups in total. The van der Waals surface area contributed by atoms with Gasteiger partial charge in [-0.1, -0.05) is 6.07 Å². The minimum Gasteiger partial charge on any atom is -0.492 e. The van der Waals surface area contributed by atoms with E-state index in [1.165, 1.54) is 6.33 Å². The second-order valence-electron chi connectivity index (χ2n) is 6.99. The normalized spacial score (nSPS) is 14.4. The lowest BCUT2D eigenvalue weighted by molar-refractivity contribution is 0.0757. The molecule has 1 aliphatic rings. The lowest BCUT2D eigenvalue weighted by atomic mass is 10.3. The van der Waals surface area contributed by atoms with E-state index >= 15 is 0 Å². The molecule has 1 amide bonds. The number of nitrogens with zero attached hydrogens (tertiary/aromatic N) is 7. The van der Waals surface area contributed by atoms with Crippen LogP contribution in [0.3, 0.4) is 0 Å². The van der Waals surface area contributed by atoms with Gasteiger partial charge in [0.1, 0.15) is 36.6 Å². The predicted molar refractivity (Wildman–Crippen MR) is 112 cm³/mol. The summed E-state index contributed by atoms with van der Waals surface area (Å²) in [6.45, 7) is 6.43. The van der Waals surface area contributed by atoms with Gasteiger partial charge in [0.2, 0.25) is 0 Å². The zero-order valence-electron chi connectivity index (χ0n) is 17.3. The van der Waals surface area contributed by atoms with E-state index in [0.29, 0.717) is 37.5 Å². The molecule has 3 aromatic rings. The number of hydrogen-bond acceptors (Lipinski definition) is 8. The molecule has 0 saturated carbocycles. The summed E-state index contributed by atoms with van der Waals surface area (Å²) in [5, 5.41) is 9.19. The topological polar surface area (TPSA) is 109 Å². The molecule has 0 radical (unpaired) electrons. The Balaban J connectivity index is 1.34. The summed E-state index contributed by atoms with van der Waals surface area (Å²) in [6, 6.07) is 9.68. The first kappa shape index (κ1) is 20.6. The van der Waals surface area contributed by atoms with Crippen molar-refractivity contribution in [1.82, 2.24) is 29.3 Å².